The van der Waals surface area contributed by atoms with Gasteiger partial charge in [-0.15, -0.1) is 0 Å². The van der Waals surface area contributed by atoms with Crippen molar-refractivity contribution in [2.75, 3.05) is 56.2 Å². The monoisotopic (exact) mass is 461 g/mol. The number of piperazine rings is 1. The first-order chi connectivity index (χ1) is 16.7. The number of methoxy groups -OCH3 is 1. The fourth-order valence-electron chi connectivity index (χ4n) is 4.96. The van der Waals surface area contributed by atoms with E-state index in [1.54, 1.807) is 17.7 Å². The van der Waals surface area contributed by atoms with Gasteiger partial charge < -0.3 is 19.4 Å². The Morgan fingerprint density at radius 3 is 2.35 bits per heavy atom. The number of para-hydroxylation sites is 3. The van der Waals surface area contributed by atoms with E-state index < -0.39 is 0 Å². The smallest absolute Gasteiger partial charge is 0.263 e. The number of amides is 1. The highest BCUT2D eigenvalue weighted by atomic mass is 16.5. The van der Waals surface area contributed by atoms with Crippen molar-refractivity contribution in [2.24, 2.45) is 0 Å². The molecule has 0 saturated carbocycles. The third kappa shape index (κ3) is 4.32. The van der Waals surface area contributed by atoms with Gasteiger partial charge in [-0.1, -0.05) is 24.3 Å². The van der Waals surface area contributed by atoms with Gasteiger partial charge in [0.25, 0.3) is 5.56 Å². The Labute approximate surface area is 199 Å². The topological polar surface area (TPSA) is 70.9 Å². The summed E-state index contributed by atoms with van der Waals surface area (Å²) in [7, 11) is 1.67. The molecule has 8 nitrogen and oxygen atoms in total. The maximum absolute atomic E-state index is 13.4. The summed E-state index contributed by atoms with van der Waals surface area (Å²) in [6.07, 6.45) is 3.33. The Hall–Kier alpha value is -3.55. The zero-order chi connectivity index (χ0) is 23.5. The maximum Gasteiger partial charge on any atom is 0.263 e. The first kappa shape index (κ1) is 22.3. The van der Waals surface area contributed by atoms with Crippen molar-refractivity contribution in [2.45, 2.75) is 25.8 Å². The van der Waals surface area contributed by atoms with Crippen LogP contribution in [0.25, 0.3) is 10.9 Å². The number of hydrogen-bond acceptors (Lipinski definition) is 6. The molecule has 8 heteroatoms. The lowest BCUT2D eigenvalue weighted by molar-refractivity contribution is -0.132. The minimum atomic E-state index is -0.146. The number of nitrogens with zero attached hydrogens (tertiary/aromatic N) is 5. The van der Waals surface area contributed by atoms with Gasteiger partial charge in [-0.3, -0.25) is 14.2 Å². The van der Waals surface area contributed by atoms with E-state index in [0.717, 1.165) is 50.5 Å². The summed E-state index contributed by atoms with van der Waals surface area (Å²) in [5.74, 6) is 1.41. The zero-order valence-corrected chi connectivity index (χ0v) is 19.7. The van der Waals surface area contributed by atoms with Gasteiger partial charge in [0.05, 0.1) is 23.7 Å². The molecule has 34 heavy (non-hydrogen) atoms. The Morgan fingerprint density at radius 1 is 0.882 bits per heavy atom. The Kier molecular flexibility index (Phi) is 6.38. The molecule has 3 aromatic rings. The Balaban J connectivity index is 1.36. The predicted molar refractivity (Wildman–Crippen MR) is 134 cm³/mol. The van der Waals surface area contributed by atoms with Gasteiger partial charge in [0, 0.05) is 39.3 Å². The molecule has 2 aromatic carbocycles. The van der Waals surface area contributed by atoms with Crippen molar-refractivity contribution >= 4 is 28.4 Å². The average molecular weight is 462 g/mol. The number of ether oxygens (including phenoxy) is 1. The van der Waals surface area contributed by atoms with Gasteiger partial charge in [0.15, 0.2) is 0 Å². The number of benzene rings is 2. The van der Waals surface area contributed by atoms with Crippen LogP contribution in [0.3, 0.4) is 0 Å². The molecule has 0 bridgehead atoms. The second-order valence-electron chi connectivity index (χ2n) is 8.91. The van der Waals surface area contributed by atoms with Crippen LogP contribution < -0.4 is 20.1 Å². The number of anilines is 2. The standard InChI is InChI=1S/C26H31N5O3/c1-34-23-12-6-5-11-22(23)28-15-17-29(18-16-28)24(32)19-31-25(33)20-9-3-4-10-21(20)27-26(31)30-13-7-2-8-14-30/h3-6,9-12H,2,7-8,13-19H2,1H3. The lowest BCUT2D eigenvalue weighted by Gasteiger charge is -2.37. The van der Waals surface area contributed by atoms with Crippen molar-refractivity contribution in [3.8, 4) is 5.75 Å². The fraction of sp³-hybridized carbons (Fsp3) is 0.423. The van der Waals surface area contributed by atoms with Crippen LogP contribution in [0.1, 0.15) is 19.3 Å². The minimum Gasteiger partial charge on any atom is -0.495 e. The van der Waals surface area contributed by atoms with Gasteiger partial charge in [0.2, 0.25) is 11.9 Å². The molecular formula is C26H31N5O3. The van der Waals surface area contributed by atoms with Crippen LogP contribution in [0.2, 0.25) is 0 Å². The van der Waals surface area contributed by atoms with Crippen molar-refractivity contribution in [1.29, 1.82) is 0 Å². The van der Waals surface area contributed by atoms with Crippen LogP contribution in [-0.2, 0) is 11.3 Å². The average Bonchev–Trinajstić information content (AvgIpc) is 2.90. The van der Waals surface area contributed by atoms with Gasteiger partial charge in [0.1, 0.15) is 12.3 Å². The summed E-state index contributed by atoms with van der Waals surface area (Å²) < 4.78 is 7.08. The molecule has 1 amide bonds. The summed E-state index contributed by atoms with van der Waals surface area (Å²) in [6, 6.07) is 15.3. The van der Waals surface area contributed by atoms with E-state index in [1.807, 2.05) is 47.4 Å². The van der Waals surface area contributed by atoms with Crippen LogP contribution in [0.4, 0.5) is 11.6 Å². The van der Waals surface area contributed by atoms with E-state index in [0.29, 0.717) is 29.9 Å². The third-order valence-electron chi connectivity index (χ3n) is 6.83. The lowest BCUT2D eigenvalue weighted by atomic mass is 10.1. The molecule has 178 valence electrons. The molecule has 2 aliphatic heterocycles. The first-order valence-corrected chi connectivity index (χ1v) is 12.1. The first-order valence-electron chi connectivity index (χ1n) is 12.1. The highest BCUT2D eigenvalue weighted by molar-refractivity contribution is 5.81. The molecule has 0 unspecified atom stereocenters. The summed E-state index contributed by atoms with van der Waals surface area (Å²) in [5, 5.41) is 0.553. The van der Waals surface area contributed by atoms with Crippen molar-refractivity contribution in [1.82, 2.24) is 14.5 Å². The zero-order valence-electron chi connectivity index (χ0n) is 19.7. The SMILES string of the molecule is COc1ccccc1N1CCN(C(=O)Cn2c(N3CCCCC3)nc3ccccc3c2=O)CC1. The third-order valence-corrected chi connectivity index (χ3v) is 6.83. The summed E-state index contributed by atoms with van der Waals surface area (Å²) in [5.41, 5.74) is 1.58. The molecular weight excluding hydrogens is 430 g/mol. The Morgan fingerprint density at radius 2 is 1.59 bits per heavy atom. The van der Waals surface area contributed by atoms with E-state index in [2.05, 4.69) is 9.80 Å². The van der Waals surface area contributed by atoms with Crippen LogP contribution in [0.5, 0.6) is 5.75 Å². The molecule has 0 N–H and O–H groups in total. The van der Waals surface area contributed by atoms with E-state index >= 15 is 0 Å². The predicted octanol–water partition coefficient (Wildman–Crippen LogP) is 2.74. The van der Waals surface area contributed by atoms with E-state index in [9.17, 15) is 9.59 Å². The molecule has 2 fully saturated rings. The number of fused-ring (bicyclic) bond motifs is 1. The summed E-state index contributed by atoms with van der Waals surface area (Å²) in [6.45, 7) is 4.37. The van der Waals surface area contributed by atoms with Crippen molar-refractivity contribution in [3.63, 3.8) is 0 Å². The summed E-state index contributed by atoms with van der Waals surface area (Å²) >= 11 is 0. The quantitative estimate of drug-likeness (QED) is 0.582. The fourth-order valence-corrected chi connectivity index (χ4v) is 4.96. The number of aromatic nitrogens is 2. The number of rotatable bonds is 5. The molecule has 0 atom stereocenters. The van der Waals surface area contributed by atoms with E-state index in [-0.39, 0.29) is 18.0 Å². The number of carbonyl (C=O) groups is 1. The molecule has 0 radical (unpaired) electrons. The van der Waals surface area contributed by atoms with Gasteiger partial charge >= 0.3 is 0 Å². The van der Waals surface area contributed by atoms with Crippen LogP contribution in [0, 0.1) is 0 Å². The summed E-state index contributed by atoms with van der Waals surface area (Å²) in [4.78, 5) is 37.8. The van der Waals surface area contributed by atoms with Crippen LogP contribution in [0.15, 0.2) is 53.3 Å². The van der Waals surface area contributed by atoms with E-state index in [1.165, 1.54) is 6.42 Å². The molecule has 1 aromatic heterocycles. The molecule has 2 saturated heterocycles. The van der Waals surface area contributed by atoms with Gasteiger partial charge in [-0.25, -0.2) is 4.98 Å². The van der Waals surface area contributed by atoms with Crippen molar-refractivity contribution in [3.05, 3.63) is 58.9 Å². The normalized spacial score (nSPS) is 16.7. The molecule has 0 spiro atoms. The lowest BCUT2D eigenvalue weighted by Crippen LogP contribution is -2.50. The second kappa shape index (κ2) is 9.75. The number of hydrogen-bond donors (Lipinski definition) is 0. The highest BCUT2D eigenvalue weighted by Gasteiger charge is 2.26. The Bertz CT molecular complexity index is 1230. The molecule has 2 aliphatic rings. The van der Waals surface area contributed by atoms with E-state index in [4.69, 9.17) is 9.72 Å². The molecule has 3 heterocycles. The van der Waals surface area contributed by atoms with Gasteiger partial charge in [-0.2, -0.15) is 0 Å². The highest BCUT2D eigenvalue weighted by Crippen LogP contribution is 2.28. The molecule has 5 rings (SSSR count). The minimum absolute atomic E-state index is 0.0111. The van der Waals surface area contributed by atoms with Crippen LogP contribution in [-0.4, -0.2) is 66.7 Å². The second-order valence-corrected chi connectivity index (χ2v) is 8.91. The largest absolute Gasteiger partial charge is 0.495 e. The number of piperidine rings is 1. The maximum atomic E-state index is 13.4. The number of carbonyl (C=O) groups excluding carboxylic acids is 1. The van der Waals surface area contributed by atoms with Crippen molar-refractivity contribution < 1.29 is 9.53 Å². The van der Waals surface area contributed by atoms with Crippen LogP contribution >= 0.6 is 0 Å². The van der Waals surface area contributed by atoms with Gasteiger partial charge in [-0.05, 0) is 43.5 Å². The molecule has 0 aliphatic carbocycles.